The second kappa shape index (κ2) is 13.4. The molecule has 3 fully saturated rings. The van der Waals surface area contributed by atoms with Crippen molar-refractivity contribution in [3.05, 3.63) is 0 Å². The molecule has 0 aromatic carbocycles. The van der Waals surface area contributed by atoms with Crippen molar-refractivity contribution < 1.29 is 64.9 Å². The largest absolute Gasteiger partial charge is 0.394 e. The Morgan fingerprint density at radius 1 is 0.789 bits per heavy atom. The van der Waals surface area contributed by atoms with Crippen LogP contribution in [0.1, 0.15) is 46.5 Å². The summed E-state index contributed by atoms with van der Waals surface area (Å²) in [5, 5.41) is 89.3. The molecule has 224 valence electrons. The maximum absolute atomic E-state index is 10.3. The number of hydrogen-bond acceptors (Lipinski definition) is 13. The molecule has 38 heavy (non-hydrogen) atoms. The minimum atomic E-state index is -1.57. The average Bonchev–Trinajstić information content (AvgIpc) is 2.87. The second-order valence-corrected chi connectivity index (χ2v) is 11.7. The molecule has 1 aliphatic carbocycles. The summed E-state index contributed by atoms with van der Waals surface area (Å²) in [7, 11) is 0. The van der Waals surface area contributed by atoms with Gasteiger partial charge < -0.3 is 64.9 Å². The third-order valence-corrected chi connectivity index (χ3v) is 8.43. The molecule has 3 aliphatic rings. The summed E-state index contributed by atoms with van der Waals surface area (Å²) < 4.78 is 22.7. The summed E-state index contributed by atoms with van der Waals surface area (Å²) >= 11 is 0. The van der Waals surface area contributed by atoms with Crippen LogP contribution < -0.4 is 0 Å². The van der Waals surface area contributed by atoms with Gasteiger partial charge in [-0.1, -0.05) is 20.8 Å². The van der Waals surface area contributed by atoms with Gasteiger partial charge in [0.2, 0.25) is 0 Å². The van der Waals surface area contributed by atoms with E-state index in [1.807, 2.05) is 0 Å². The number of ether oxygens (including phenoxy) is 4. The fourth-order valence-electron chi connectivity index (χ4n) is 6.26. The minimum absolute atomic E-state index is 0.153. The Morgan fingerprint density at radius 2 is 1.32 bits per heavy atom. The SMILES string of the molecule is CC1CC(OC2OC(CO)C(O)C(O)C2O)CC(C)(C)C1CCC(CO)OC1OC(CO)C(O)C(O)C1O. The highest BCUT2D eigenvalue weighted by Gasteiger charge is 2.48. The van der Waals surface area contributed by atoms with Gasteiger partial charge in [0, 0.05) is 0 Å². The van der Waals surface area contributed by atoms with Crippen LogP contribution in [0.4, 0.5) is 0 Å². The van der Waals surface area contributed by atoms with Crippen molar-refractivity contribution in [1.29, 1.82) is 0 Å². The lowest BCUT2D eigenvalue weighted by Crippen LogP contribution is -2.60. The van der Waals surface area contributed by atoms with Gasteiger partial charge in [-0.15, -0.1) is 0 Å². The van der Waals surface area contributed by atoms with Crippen molar-refractivity contribution in [2.24, 2.45) is 17.3 Å². The van der Waals surface area contributed by atoms with E-state index in [-0.39, 0.29) is 30.0 Å². The molecular formula is C25H46O13. The van der Waals surface area contributed by atoms with Gasteiger partial charge in [-0.3, -0.25) is 0 Å². The molecule has 2 heterocycles. The monoisotopic (exact) mass is 554 g/mol. The fourth-order valence-corrected chi connectivity index (χ4v) is 6.26. The zero-order chi connectivity index (χ0) is 28.4. The first-order valence-electron chi connectivity index (χ1n) is 13.4. The first kappa shape index (κ1) is 32.0. The van der Waals surface area contributed by atoms with E-state index in [9.17, 15) is 46.0 Å². The van der Waals surface area contributed by atoms with Gasteiger partial charge >= 0.3 is 0 Å². The van der Waals surface area contributed by atoms with Crippen LogP contribution in [0.15, 0.2) is 0 Å². The highest BCUT2D eigenvalue weighted by Crippen LogP contribution is 2.48. The van der Waals surface area contributed by atoms with Gasteiger partial charge in [0.1, 0.15) is 48.8 Å². The molecular weight excluding hydrogens is 508 g/mol. The second-order valence-electron chi connectivity index (χ2n) is 11.7. The molecule has 0 spiro atoms. The molecule has 13 nitrogen and oxygen atoms in total. The lowest BCUT2D eigenvalue weighted by molar-refractivity contribution is -0.317. The van der Waals surface area contributed by atoms with Crippen molar-refractivity contribution in [2.75, 3.05) is 19.8 Å². The molecule has 13 heteroatoms. The van der Waals surface area contributed by atoms with Gasteiger partial charge in [-0.25, -0.2) is 0 Å². The molecule has 0 aromatic heterocycles. The Labute approximate surface area is 222 Å². The zero-order valence-electron chi connectivity index (χ0n) is 22.2. The molecule has 1 saturated carbocycles. The molecule has 0 aromatic rings. The Hall–Kier alpha value is -0.520. The quantitative estimate of drug-likeness (QED) is 0.133. The predicted octanol–water partition coefficient (Wildman–Crippen LogP) is -2.80. The topological polar surface area (TPSA) is 219 Å². The minimum Gasteiger partial charge on any atom is -0.394 e. The van der Waals surface area contributed by atoms with E-state index in [0.29, 0.717) is 25.7 Å². The van der Waals surface area contributed by atoms with Crippen LogP contribution in [0.3, 0.4) is 0 Å². The summed E-state index contributed by atoms with van der Waals surface area (Å²) in [6.45, 7) is 4.78. The van der Waals surface area contributed by atoms with Crippen LogP contribution in [0, 0.1) is 17.3 Å². The first-order valence-corrected chi connectivity index (χ1v) is 13.4. The maximum atomic E-state index is 10.3. The molecule has 0 amide bonds. The van der Waals surface area contributed by atoms with Crippen LogP contribution >= 0.6 is 0 Å². The van der Waals surface area contributed by atoms with Crippen molar-refractivity contribution in [3.8, 4) is 0 Å². The summed E-state index contributed by atoms with van der Waals surface area (Å²) in [5.41, 5.74) is -0.236. The highest BCUT2D eigenvalue weighted by atomic mass is 16.7. The van der Waals surface area contributed by atoms with Gasteiger partial charge in [-0.05, 0) is 42.9 Å². The van der Waals surface area contributed by atoms with Crippen molar-refractivity contribution in [3.63, 3.8) is 0 Å². The van der Waals surface area contributed by atoms with Crippen LogP contribution in [0.5, 0.6) is 0 Å². The van der Waals surface area contributed by atoms with Gasteiger partial charge in [0.05, 0.1) is 32.0 Å². The van der Waals surface area contributed by atoms with Crippen LogP contribution in [0.2, 0.25) is 0 Å². The lowest BCUT2D eigenvalue weighted by atomic mass is 9.61. The molecule has 9 N–H and O–H groups in total. The Morgan fingerprint density at radius 3 is 1.82 bits per heavy atom. The van der Waals surface area contributed by atoms with E-state index in [1.54, 1.807) is 0 Å². The van der Waals surface area contributed by atoms with Gasteiger partial charge in [0.15, 0.2) is 12.6 Å². The molecule has 14 atom stereocenters. The Kier molecular flexibility index (Phi) is 11.3. The summed E-state index contributed by atoms with van der Waals surface area (Å²) in [5.74, 6) is 0.338. The standard InChI is InChI=1S/C25H46O13/c1-11-6-13(36-24-22(34)20(32)18(30)16(10-28)38-24)7-25(2,3)14(11)5-4-12(8-26)35-23-21(33)19(31)17(29)15(9-27)37-23/h11-24,26-34H,4-10H2,1-3H3. The van der Waals surface area contributed by atoms with E-state index < -0.39 is 80.7 Å². The van der Waals surface area contributed by atoms with E-state index in [2.05, 4.69) is 20.8 Å². The van der Waals surface area contributed by atoms with E-state index in [1.165, 1.54) is 0 Å². The average molecular weight is 555 g/mol. The van der Waals surface area contributed by atoms with Crippen LogP contribution in [-0.2, 0) is 18.9 Å². The summed E-state index contributed by atoms with van der Waals surface area (Å²) in [6, 6.07) is 0. The number of aliphatic hydroxyl groups is 9. The van der Waals surface area contributed by atoms with Crippen LogP contribution in [0.25, 0.3) is 0 Å². The molecule has 14 unspecified atom stereocenters. The van der Waals surface area contributed by atoms with Gasteiger partial charge in [-0.2, -0.15) is 0 Å². The highest BCUT2D eigenvalue weighted by molar-refractivity contribution is 4.94. The number of hydrogen-bond donors (Lipinski definition) is 9. The number of aliphatic hydroxyl groups excluding tert-OH is 9. The molecule has 0 bridgehead atoms. The Bertz CT molecular complexity index is 721. The first-order chi connectivity index (χ1) is 17.8. The molecule has 2 saturated heterocycles. The third kappa shape index (κ3) is 7.03. The van der Waals surface area contributed by atoms with E-state index in [4.69, 9.17) is 18.9 Å². The smallest absolute Gasteiger partial charge is 0.187 e. The van der Waals surface area contributed by atoms with Crippen molar-refractivity contribution in [2.45, 2.75) is 120 Å². The lowest BCUT2D eigenvalue weighted by Gasteiger charge is -2.48. The third-order valence-electron chi connectivity index (χ3n) is 8.43. The molecule has 3 rings (SSSR count). The van der Waals surface area contributed by atoms with Crippen molar-refractivity contribution in [1.82, 2.24) is 0 Å². The van der Waals surface area contributed by atoms with Gasteiger partial charge in [0.25, 0.3) is 0 Å². The summed E-state index contributed by atoms with van der Waals surface area (Å²) in [4.78, 5) is 0. The fraction of sp³-hybridized carbons (Fsp3) is 1.00. The molecule has 2 aliphatic heterocycles. The van der Waals surface area contributed by atoms with E-state index in [0.717, 1.165) is 0 Å². The van der Waals surface area contributed by atoms with Crippen LogP contribution in [-0.4, -0.2) is 139 Å². The number of rotatable bonds is 10. The Balaban J connectivity index is 1.57. The van der Waals surface area contributed by atoms with Crippen molar-refractivity contribution >= 4 is 0 Å². The van der Waals surface area contributed by atoms with E-state index >= 15 is 0 Å². The zero-order valence-corrected chi connectivity index (χ0v) is 22.2. The summed E-state index contributed by atoms with van der Waals surface area (Å²) in [6.07, 6.45) is -12.4. The maximum Gasteiger partial charge on any atom is 0.187 e. The predicted molar refractivity (Wildman–Crippen MR) is 129 cm³/mol. The normalized spacial score (nSPS) is 46.6. The molecule has 0 radical (unpaired) electrons.